The summed E-state index contributed by atoms with van der Waals surface area (Å²) in [5.41, 5.74) is 0. The number of carbonyl (C=O) groups excluding carboxylic acids is 1. The van der Waals surface area contributed by atoms with Crippen LogP contribution in [-0.2, 0) is 14.3 Å². The van der Waals surface area contributed by atoms with E-state index in [0.717, 1.165) is 57.8 Å². The molecule has 158 valence electrons. The van der Waals surface area contributed by atoms with E-state index in [4.69, 9.17) is 9.47 Å². The van der Waals surface area contributed by atoms with Crippen LogP contribution >= 0.6 is 24.0 Å². The second kappa shape index (κ2) is 14.4. The Kier molecular flexibility index (Phi) is 13.0. The number of carbonyl (C=O) groups is 1. The summed E-state index contributed by atoms with van der Waals surface area (Å²) in [6, 6.07) is 0.288. The van der Waals surface area contributed by atoms with Gasteiger partial charge in [-0.15, -0.1) is 24.0 Å². The van der Waals surface area contributed by atoms with Gasteiger partial charge in [0.05, 0.1) is 13.2 Å². The molecule has 27 heavy (non-hydrogen) atoms. The third-order valence-corrected chi connectivity index (χ3v) is 5.04. The van der Waals surface area contributed by atoms with Gasteiger partial charge in [0.15, 0.2) is 5.96 Å². The van der Waals surface area contributed by atoms with Gasteiger partial charge in [0.1, 0.15) is 0 Å². The molecule has 0 spiro atoms. The first kappa shape index (κ1) is 24.4. The second-order valence-electron chi connectivity index (χ2n) is 7.11. The number of methoxy groups -OCH3 is 1. The van der Waals surface area contributed by atoms with Crippen molar-refractivity contribution in [2.45, 2.75) is 51.5 Å². The summed E-state index contributed by atoms with van der Waals surface area (Å²) in [5.74, 6) is 1.47. The first-order valence-corrected chi connectivity index (χ1v) is 10.1. The van der Waals surface area contributed by atoms with Crippen LogP contribution < -0.4 is 10.6 Å². The molecule has 1 amide bonds. The van der Waals surface area contributed by atoms with E-state index in [1.165, 1.54) is 12.8 Å². The van der Waals surface area contributed by atoms with E-state index in [0.29, 0.717) is 25.7 Å². The van der Waals surface area contributed by atoms with Crippen molar-refractivity contribution in [3.63, 3.8) is 0 Å². The van der Waals surface area contributed by atoms with Gasteiger partial charge in [-0.1, -0.05) is 12.8 Å². The highest BCUT2D eigenvalue weighted by Crippen LogP contribution is 2.27. The Balaban J connectivity index is 0.00000364. The zero-order chi connectivity index (χ0) is 18.6. The van der Waals surface area contributed by atoms with Crippen LogP contribution in [0.25, 0.3) is 0 Å². The largest absolute Gasteiger partial charge is 0.382 e. The van der Waals surface area contributed by atoms with Crippen molar-refractivity contribution in [1.82, 2.24) is 15.5 Å². The normalized spacial score (nSPS) is 20.6. The molecule has 1 saturated carbocycles. The van der Waals surface area contributed by atoms with Crippen molar-refractivity contribution in [2.24, 2.45) is 10.9 Å². The number of hydrogen-bond donors (Lipinski definition) is 2. The fraction of sp³-hybridized carbons (Fsp3) is 0.895. The molecule has 2 N–H and O–H groups in total. The first-order chi connectivity index (χ1) is 12.7. The maximum Gasteiger partial charge on any atom is 0.225 e. The van der Waals surface area contributed by atoms with E-state index in [2.05, 4.69) is 22.5 Å². The minimum atomic E-state index is 0. The monoisotopic (exact) mass is 496 g/mol. The third-order valence-electron chi connectivity index (χ3n) is 5.04. The number of ether oxygens (including phenoxy) is 2. The molecule has 0 aromatic carbocycles. The number of aliphatic imine (C=N–C) groups is 1. The summed E-state index contributed by atoms with van der Waals surface area (Å²) in [4.78, 5) is 19.2. The lowest BCUT2D eigenvalue weighted by atomic mass is 10.1. The van der Waals surface area contributed by atoms with Crippen molar-refractivity contribution in [3.8, 4) is 0 Å². The lowest BCUT2D eigenvalue weighted by Gasteiger charge is -2.21. The van der Waals surface area contributed by atoms with Crippen molar-refractivity contribution in [3.05, 3.63) is 0 Å². The molecule has 8 heteroatoms. The smallest absolute Gasteiger partial charge is 0.225 e. The number of rotatable bonds is 10. The number of halogens is 1. The van der Waals surface area contributed by atoms with Crippen LogP contribution in [0.2, 0.25) is 0 Å². The Hall–Kier alpha value is -0.610. The van der Waals surface area contributed by atoms with Gasteiger partial charge < -0.3 is 25.0 Å². The molecule has 1 aliphatic heterocycles. The number of nitrogens with zero attached hydrogens (tertiary/aromatic N) is 2. The molecular formula is C19H37IN4O3. The fourth-order valence-electron chi connectivity index (χ4n) is 3.62. The van der Waals surface area contributed by atoms with Gasteiger partial charge >= 0.3 is 0 Å². The summed E-state index contributed by atoms with van der Waals surface area (Å²) >= 11 is 0. The van der Waals surface area contributed by atoms with Gasteiger partial charge in [0.2, 0.25) is 5.91 Å². The molecule has 7 nitrogen and oxygen atoms in total. The van der Waals surface area contributed by atoms with Crippen molar-refractivity contribution >= 4 is 35.8 Å². The minimum absolute atomic E-state index is 0. The van der Waals surface area contributed by atoms with Gasteiger partial charge in [0.25, 0.3) is 0 Å². The standard InChI is InChI=1S/C19H36N4O3.HI/c1-3-20-19(21-10-6-12-26-14-13-25-2)22-17-9-11-23(15-17)18(24)16-7-4-5-8-16;/h16-17H,3-15H2,1-2H3,(H2,20,21,22);1H. The zero-order valence-corrected chi connectivity index (χ0v) is 19.2. The van der Waals surface area contributed by atoms with Gasteiger partial charge in [-0.3, -0.25) is 9.79 Å². The quantitative estimate of drug-likeness (QED) is 0.210. The molecule has 1 atom stereocenters. The molecule has 1 unspecified atom stereocenters. The van der Waals surface area contributed by atoms with Gasteiger partial charge in [-0.2, -0.15) is 0 Å². The molecule has 1 saturated heterocycles. The number of amides is 1. The number of nitrogens with one attached hydrogen (secondary N) is 2. The molecule has 0 radical (unpaired) electrons. The van der Waals surface area contributed by atoms with E-state index in [1.54, 1.807) is 7.11 Å². The second-order valence-corrected chi connectivity index (χ2v) is 7.11. The maximum atomic E-state index is 12.6. The van der Waals surface area contributed by atoms with E-state index in [-0.39, 0.29) is 35.9 Å². The fourth-order valence-corrected chi connectivity index (χ4v) is 3.62. The van der Waals surface area contributed by atoms with Gasteiger partial charge in [-0.05, 0) is 32.6 Å². The molecule has 0 aromatic heterocycles. The van der Waals surface area contributed by atoms with Crippen molar-refractivity contribution in [1.29, 1.82) is 0 Å². The minimum Gasteiger partial charge on any atom is -0.382 e. The highest BCUT2D eigenvalue weighted by molar-refractivity contribution is 14.0. The Morgan fingerprint density at radius 2 is 1.96 bits per heavy atom. The molecule has 0 bridgehead atoms. The van der Waals surface area contributed by atoms with E-state index < -0.39 is 0 Å². The van der Waals surface area contributed by atoms with Gasteiger partial charge in [-0.25, -0.2) is 0 Å². The predicted octanol–water partition coefficient (Wildman–Crippen LogP) is 2.00. The van der Waals surface area contributed by atoms with Crippen LogP contribution in [0.15, 0.2) is 4.99 Å². The Bertz CT molecular complexity index is 445. The first-order valence-electron chi connectivity index (χ1n) is 10.1. The molecule has 2 fully saturated rings. The SMILES string of the molecule is CCNC(=NCCCOCCOC)NC1CCN(C(=O)C2CCCC2)C1.I. The van der Waals surface area contributed by atoms with Crippen LogP contribution in [0.1, 0.15) is 45.4 Å². The third kappa shape index (κ3) is 8.95. The van der Waals surface area contributed by atoms with Crippen molar-refractivity contribution in [2.75, 3.05) is 53.1 Å². The topological polar surface area (TPSA) is 75.2 Å². The van der Waals surface area contributed by atoms with Gasteiger partial charge in [0, 0.05) is 51.9 Å². The molecule has 1 heterocycles. The summed E-state index contributed by atoms with van der Waals surface area (Å²) in [5, 5.41) is 6.78. The van der Waals surface area contributed by atoms with Crippen LogP contribution in [0.3, 0.4) is 0 Å². The molecule has 2 aliphatic rings. The zero-order valence-electron chi connectivity index (χ0n) is 16.9. The molecular weight excluding hydrogens is 459 g/mol. The maximum absolute atomic E-state index is 12.6. The van der Waals surface area contributed by atoms with E-state index >= 15 is 0 Å². The molecule has 1 aliphatic carbocycles. The molecule has 0 aromatic rings. The predicted molar refractivity (Wildman–Crippen MR) is 119 cm³/mol. The lowest BCUT2D eigenvalue weighted by Crippen LogP contribution is -2.45. The average molecular weight is 496 g/mol. The van der Waals surface area contributed by atoms with E-state index in [1.807, 2.05) is 4.90 Å². The molecule has 2 rings (SSSR count). The Labute approximate surface area is 181 Å². The lowest BCUT2D eigenvalue weighted by molar-refractivity contribution is -0.134. The highest BCUT2D eigenvalue weighted by Gasteiger charge is 2.32. The summed E-state index contributed by atoms with van der Waals surface area (Å²) in [7, 11) is 1.67. The summed E-state index contributed by atoms with van der Waals surface area (Å²) < 4.78 is 10.4. The highest BCUT2D eigenvalue weighted by atomic mass is 127. The number of likely N-dealkylation sites (tertiary alicyclic amines) is 1. The van der Waals surface area contributed by atoms with Crippen LogP contribution in [0.5, 0.6) is 0 Å². The van der Waals surface area contributed by atoms with Crippen molar-refractivity contribution < 1.29 is 14.3 Å². The van der Waals surface area contributed by atoms with Crippen LogP contribution in [0, 0.1) is 5.92 Å². The number of guanidine groups is 1. The summed E-state index contributed by atoms with van der Waals surface area (Å²) in [6.07, 6.45) is 6.44. The Morgan fingerprint density at radius 3 is 2.67 bits per heavy atom. The Morgan fingerprint density at radius 1 is 1.19 bits per heavy atom. The summed E-state index contributed by atoms with van der Waals surface area (Å²) in [6.45, 7) is 7.22. The van der Waals surface area contributed by atoms with Crippen LogP contribution in [0.4, 0.5) is 0 Å². The van der Waals surface area contributed by atoms with E-state index in [9.17, 15) is 4.79 Å². The number of hydrogen-bond acceptors (Lipinski definition) is 4. The van der Waals surface area contributed by atoms with Crippen LogP contribution in [-0.4, -0.2) is 75.9 Å². The average Bonchev–Trinajstić information content (AvgIpc) is 3.32.